The number of esters is 1. The number of ether oxygens (including phenoxy) is 1. The van der Waals surface area contributed by atoms with Crippen LogP contribution in [0.15, 0.2) is 18.2 Å². The summed E-state index contributed by atoms with van der Waals surface area (Å²) < 4.78 is 23.7. The third-order valence-electron chi connectivity index (χ3n) is 6.05. The van der Waals surface area contributed by atoms with Crippen molar-refractivity contribution in [1.29, 1.82) is 0 Å². The summed E-state index contributed by atoms with van der Waals surface area (Å²) in [6.07, 6.45) is 0. The van der Waals surface area contributed by atoms with Crippen molar-refractivity contribution in [2.24, 2.45) is 0 Å². The zero-order valence-corrected chi connectivity index (χ0v) is 19.4. The lowest BCUT2D eigenvalue weighted by Gasteiger charge is -2.36. The molecule has 0 aliphatic carbocycles. The van der Waals surface area contributed by atoms with E-state index < -0.39 is 32.6 Å². The molecule has 150 valence electrons. The minimum atomic E-state index is -2.07. The van der Waals surface area contributed by atoms with E-state index in [2.05, 4.69) is 33.9 Å². The molecule has 0 aromatic heterocycles. The first-order chi connectivity index (χ1) is 12.1. The molecule has 0 saturated carbocycles. The van der Waals surface area contributed by atoms with Crippen LogP contribution < -0.4 is 9.89 Å². The number of hydrogen-bond donors (Lipinski definition) is 0. The van der Waals surface area contributed by atoms with E-state index >= 15 is 0 Å². The molecule has 0 N–H and O–H groups in total. The van der Waals surface area contributed by atoms with E-state index in [1.165, 1.54) is 7.11 Å². The monoisotopic (exact) mass is 392 g/mol. The Bertz CT molecular complexity index is 706. The van der Waals surface area contributed by atoms with Gasteiger partial charge in [0.1, 0.15) is 5.75 Å². The van der Waals surface area contributed by atoms with Crippen molar-refractivity contribution in [3.8, 4) is 5.75 Å². The van der Waals surface area contributed by atoms with Crippen molar-refractivity contribution >= 4 is 26.9 Å². The highest BCUT2D eigenvalue weighted by Gasteiger charge is 2.52. The third kappa shape index (κ3) is 4.41. The standard InChI is InChI=1S/C20H33BO5Si/c1-18(2,3)27(9,10)24-16-12-14(17(22)23-8)11-15(13-16)21-25-19(4,5)20(6,7)26-21/h11-13H,1-10H3. The Labute approximate surface area is 165 Å². The quantitative estimate of drug-likeness (QED) is 0.569. The van der Waals surface area contributed by atoms with Gasteiger partial charge in [-0.05, 0) is 69.5 Å². The normalized spacial score (nSPS) is 19.1. The predicted molar refractivity (Wildman–Crippen MR) is 111 cm³/mol. The zero-order valence-electron chi connectivity index (χ0n) is 18.4. The van der Waals surface area contributed by atoms with Gasteiger partial charge in [-0.25, -0.2) is 4.79 Å². The second kappa shape index (κ2) is 6.94. The molecular weight excluding hydrogens is 359 g/mol. The summed E-state index contributed by atoms with van der Waals surface area (Å²) in [7, 11) is -1.26. The minimum Gasteiger partial charge on any atom is -0.543 e. The van der Waals surface area contributed by atoms with E-state index in [1.807, 2.05) is 33.8 Å². The van der Waals surface area contributed by atoms with Gasteiger partial charge in [-0.15, -0.1) is 0 Å². The number of rotatable bonds is 4. The van der Waals surface area contributed by atoms with E-state index in [0.29, 0.717) is 11.3 Å². The first kappa shape index (κ1) is 22.0. The fourth-order valence-electron chi connectivity index (χ4n) is 2.48. The second-order valence-electron chi connectivity index (χ2n) is 9.73. The summed E-state index contributed by atoms with van der Waals surface area (Å²) in [4.78, 5) is 12.2. The first-order valence-electron chi connectivity index (χ1n) is 9.38. The Kier molecular flexibility index (Phi) is 5.65. The molecule has 1 heterocycles. The molecule has 1 saturated heterocycles. The van der Waals surface area contributed by atoms with Crippen LogP contribution in [0.4, 0.5) is 0 Å². The molecule has 0 radical (unpaired) electrons. The first-order valence-corrected chi connectivity index (χ1v) is 12.3. The van der Waals surface area contributed by atoms with E-state index in [9.17, 15) is 4.79 Å². The molecule has 2 rings (SSSR count). The van der Waals surface area contributed by atoms with Crippen molar-refractivity contribution in [2.75, 3.05) is 7.11 Å². The van der Waals surface area contributed by atoms with Gasteiger partial charge in [-0.1, -0.05) is 20.8 Å². The van der Waals surface area contributed by atoms with Crippen molar-refractivity contribution in [1.82, 2.24) is 0 Å². The highest BCUT2D eigenvalue weighted by molar-refractivity contribution is 6.74. The molecule has 0 atom stereocenters. The smallest absolute Gasteiger partial charge is 0.494 e. The van der Waals surface area contributed by atoms with E-state index in [4.69, 9.17) is 18.5 Å². The Morgan fingerprint density at radius 2 is 1.56 bits per heavy atom. The van der Waals surface area contributed by atoms with Gasteiger partial charge in [0.15, 0.2) is 0 Å². The topological polar surface area (TPSA) is 54.0 Å². The molecular formula is C20H33BO5Si. The molecule has 1 aliphatic rings. The lowest BCUT2D eigenvalue weighted by atomic mass is 9.78. The van der Waals surface area contributed by atoms with Crippen molar-refractivity contribution in [3.05, 3.63) is 23.8 Å². The molecule has 7 heteroatoms. The lowest BCUT2D eigenvalue weighted by molar-refractivity contribution is 0.00578. The van der Waals surface area contributed by atoms with Crippen LogP contribution in [0.1, 0.15) is 58.8 Å². The highest BCUT2D eigenvalue weighted by Crippen LogP contribution is 2.39. The third-order valence-corrected chi connectivity index (χ3v) is 10.4. The molecule has 5 nitrogen and oxygen atoms in total. The molecule has 1 aliphatic heterocycles. The molecule has 1 fully saturated rings. The SMILES string of the molecule is COC(=O)c1cc(O[Si](C)(C)C(C)(C)C)cc(B2OC(C)(C)C(C)(C)O2)c1. The Morgan fingerprint density at radius 3 is 2.00 bits per heavy atom. The fraction of sp³-hybridized carbons (Fsp3) is 0.650. The van der Waals surface area contributed by atoms with Crippen LogP contribution in [0.3, 0.4) is 0 Å². The number of hydrogen-bond acceptors (Lipinski definition) is 5. The average Bonchev–Trinajstić information content (AvgIpc) is 2.72. The lowest BCUT2D eigenvalue weighted by Crippen LogP contribution is -2.44. The van der Waals surface area contributed by atoms with Gasteiger partial charge in [0.2, 0.25) is 8.32 Å². The second-order valence-corrected chi connectivity index (χ2v) is 14.5. The zero-order chi connectivity index (χ0) is 20.8. The summed E-state index contributed by atoms with van der Waals surface area (Å²) in [5.41, 5.74) is 0.266. The Balaban J connectivity index is 2.46. The highest BCUT2D eigenvalue weighted by atomic mass is 28.4. The van der Waals surface area contributed by atoms with Crippen LogP contribution in [0.2, 0.25) is 18.1 Å². The van der Waals surface area contributed by atoms with Gasteiger partial charge in [0, 0.05) is 0 Å². The molecule has 1 aromatic carbocycles. The van der Waals surface area contributed by atoms with Crippen LogP contribution in [-0.4, -0.2) is 39.7 Å². The van der Waals surface area contributed by atoms with Gasteiger partial charge in [-0.2, -0.15) is 0 Å². The summed E-state index contributed by atoms with van der Waals surface area (Å²) >= 11 is 0. The van der Waals surface area contributed by atoms with E-state index in [1.54, 1.807) is 12.1 Å². The number of methoxy groups -OCH3 is 1. The Hall–Kier alpha value is -1.31. The fourth-order valence-corrected chi connectivity index (χ4v) is 3.49. The molecule has 1 aromatic rings. The number of benzene rings is 1. The largest absolute Gasteiger partial charge is 0.543 e. The predicted octanol–water partition coefficient (Wildman–Crippen LogP) is 4.16. The molecule has 0 spiro atoms. The molecule has 0 amide bonds. The summed E-state index contributed by atoms with van der Waals surface area (Å²) in [6, 6.07) is 5.41. The van der Waals surface area contributed by atoms with Crippen molar-refractivity contribution in [2.45, 2.75) is 77.8 Å². The summed E-state index contributed by atoms with van der Waals surface area (Å²) in [5, 5.41) is 0.0405. The summed E-state index contributed by atoms with van der Waals surface area (Å²) in [6.45, 7) is 18.9. The van der Waals surface area contributed by atoms with Gasteiger partial charge in [0.05, 0.1) is 23.9 Å². The van der Waals surface area contributed by atoms with E-state index in [0.717, 1.165) is 5.46 Å². The van der Waals surface area contributed by atoms with E-state index in [-0.39, 0.29) is 5.04 Å². The number of carbonyl (C=O) groups is 1. The van der Waals surface area contributed by atoms with Crippen LogP contribution in [0.25, 0.3) is 0 Å². The van der Waals surface area contributed by atoms with Gasteiger partial charge in [0.25, 0.3) is 0 Å². The maximum absolute atomic E-state index is 12.2. The summed E-state index contributed by atoms with van der Waals surface area (Å²) in [5.74, 6) is 0.239. The average molecular weight is 392 g/mol. The molecule has 0 unspecified atom stereocenters. The van der Waals surface area contributed by atoms with Crippen molar-refractivity contribution in [3.63, 3.8) is 0 Å². The van der Waals surface area contributed by atoms with Crippen LogP contribution in [-0.2, 0) is 14.0 Å². The van der Waals surface area contributed by atoms with Crippen molar-refractivity contribution < 1.29 is 23.3 Å². The van der Waals surface area contributed by atoms with Crippen LogP contribution in [0.5, 0.6) is 5.75 Å². The molecule has 27 heavy (non-hydrogen) atoms. The number of carbonyl (C=O) groups excluding carboxylic acids is 1. The maximum Gasteiger partial charge on any atom is 0.494 e. The van der Waals surface area contributed by atoms with Gasteiger partial charge in [-0.3, -0.25) is 0 Å². The van der Waals surface area contributed by atoms with Crippen LogP contribution in [0, 0.1) is 0 Å². The Morgan fingerprint density at radius 1 is 1.04 bits per heavy atom. The van der Waals surface area contributed by atoms with Gasteiger partial charge >= 0.3 is 13.1 Å². The van der Waals surface area contributed by atoms with Crippen LogP contribution >= 0.6 is 0 Å². The minimum absolute atomic E-state index is 0.0405. The van der Waals surface area contributed by atoms with Gasteiger partial charge < -0.3 is 18.5 Å². The maximum atomic E-state index is 12.2. The molecule has 0 bridgehead atoms.